The molecule has 8 heterocycles. The number of nitrogens with zero attached hydrogens (tertiary/aromatic N) is 9. The molecule has 4 aliphatic heterocycles. The van der Waals surface area contributed by atoms with Gasteiger partial charge in [0.15, 0.2) is 17.0 Å². The number of hydrogen-bond donors (Lipinski definition) is 1. The van der Waals surface area contributed by atoms with Crippen molar-refractivity contribution in [3.05, 3.63) is 46.4 Å². The summed E-state index contributed by atoms with van der Waals surface area (Å²) >= 11 is 3.39. The van der Waals surface area contributed by atoms with E-state index in [4.69, 9.17) is 25.4 Å². The molecule has 0 bridgehead atoms. The van der Waals surface area contributed by atoms with E-state index >= 15 is 0 Å². The highest BCUT2D eigenvalue weighted by Gasteiger charge is 2.53. The Morgan fingerprint density at radius 2 is 2.17 bits per heavy atom. The van der Waals surface area contributed by atoms with E-state index in [-0.39, 0.29) is 16.3 Å². The van der Waals surface area contributed by atoms with Gasteiger partial charge in [0.25, 0.3) is 0 Å². The third-order valence-electron chi connectivity index (χ3n) is 8.90. The molecule has 0 saturated carbocycles. The normalized spacial score (nSPS) is 24.5. The van der Waals surface area contributed by atoms with E-state index in [0.717, 1.165) is 36.3 Å². The second-order valence-corrected chi connectivity index (χ2v) is 13.9. The first-order chi connectivity index (χ1) is 20.0. The molecule has 4 aromatic heterocycles. The first-order valence-corrected chi connectivity index (χ1v) is 15.5. The second kappa shape index (κ2) is 9.23. The highest BCUT2D eigenvalue weighted by Crippen LogP contribution is 2.58. The van der Waals surface area contributed by atoms with E-state index in [1.807, 2.05) is 22.4 Å². The summed E-state index contributed by atoms with van der Waals surface area (Å²) in [6.07, 6.45) is 6.75. The number of alkyl halides is 1. The molecule has 0 aromatic carbocycles. The molecule has 0 radical (unpaired) electrons. The van der Waals surface area contributed by atoms with E-state index in [1.165, 1.54) is 16.2 Å². The summed E-state index contributed by atoms with van der Waals surface area (Å²) in [6.45, 7) is 3.60. The van der Waals surface area contributed by atoms with Gasteiger partial charge in [-0.2, -0.15) is 25.4 Å². The zero-order chi connectivity index (χ0) is 27.8. The summed E-state index contributed by atoms with van der Waals surface area (Å²) in [6, 6.07) is 4.51. The minimum Gasteiger partial charge on any atom is -0.461 e. The van der Waals surface area contributed by atoms with Crippen LogP contribution in [0.2, 0.25) is 0 Å². The third-order valence-corrected chi connectivity index (χ3v) is 11.6. The Morgan fingerprint density at radius 3 is 3.00 bits per heavy atom. The van der Waals surface area contributed by atoms with Crippen LogP contribution in [0.4, 0.5) is 15.2 Å². The predicted octanol–water partition coefficient (Wildman–Crippen LogP) is 3.10. The zero-order valence-electron chi connectivity index (χ0n) is 22.2. The van der Waals surface area contributed by atoms with Crippen LogP contribution in [-0.2, 0) is 17.0 Å². The highest BCUT2D eigenvalue weighted by molar-refractivity contribution is 8.00. The van der Waals surface area contributed by atoms with Crippen molar-refractivity contribution in [2.45, 2.75) is 48.0 Å². The summed E-state index contributed by atoms with van der Waals surface area (Å²) in [4.78, 5) is 20.0. The molecular weight excluding hydrogens is 563 g/mol. The number of thiophene rings is 1. The van der Waals surface area contributed by atoms with Gasteiger partial charge in [-0.1, -0.05) is 0 Å². The number of thioether (sulfide) groups is 1. The van der Waals surface area contributed by atoms with Crippen LogP contribution < -0.4 is 15.4 Å². The van der Waals surface area contributed by atoms with Crippen LogP contribution in [0.1, 0.15) is 40.8 Å². The quantitative estimate of drug-likeness (QED) is 0.355. The number of nitriles is 1. The number of hydrogen-bond acceptors (Lipinski definition) is 12. The first-order valence-electron chi connectivity index (χ1n) is 13.7. The van der Waals surface area contributed by atoms with Gasteiger partial charge < -0.3 is 19.9 Å². The maximum atomic E-state index is 14.4. The van der Waals surface area contributed by atoms with Crippen LogP contribution in [0.3, 0.4) is 0 Å². The average Bonchev–Trinajstić information content (AvgIpc) is 3.74. The predicted molar refractivity (Wildman–Crippen MR) is 154 cm³/mol. The van der Waals surface area contributed by atoms with E-state index < -0.39 is 6.17 Å². The molecule has 3 fully saturated rings. The van der Waals surface area contributed by atoms with Gasteiger partial charge in [-0.3, -0.25) is 4.90 Å². The van der Waals surface area contributed by atoms with Gasteiger partial charge in [0.05, 0.1) is 34.9 Å². The van der Waals surface area contributed by atoms with Crippen LogP contribution in [-0.4, -0.2) is 79.1 Å². The Hall–Kier alpha value is -3.54. The average molecular weight is 591 g/mol. The van der Waals surface area contributed by atoms with Crippen LogP contribution >= 0.6 is 23.1 Å². The summed E-state index contributed by atoms with van der Waals surface area (Å²) in [7, 11) is 0. The van der Waals surface area contributed by atoms with Crippen molar-refractivity contribution in [1.82, 2.24) is 34.6 Å². The van der Waals surface area contributed by atoms with Crippen molar-refractivity contribution in [3.8, 4) is 12.1 Å². The van der Waals surface area contributed by atoms with Crippen molar-refractivity contribution >= 4 is 45.1 Å². The van der Waals surface area contributed by atoms with Crippen molar-refractivity contribution < 1.29 is 9.13 Å². The fourth-order valence-corrected chi connectivity index (χ4v) is 9.81. The molecule has 11 nitrogen and oxygen atoms in total. The van der Waals surface area contributed by atoms with E-state index in [0.29, 0.717) is 66.8 Å². The molecule has 8 rings (SSSR count). The smallest absolute Gasteiger partial charge is 0.320 e. The lowest BCUT2D eigenvalue weighted by Gasteiger charge is -2.48. The Labute approximate surface area is 243 Å². The van der Waals surface area contributed by atoms with Crippen molar-refractivity contribution in [1.29, 1.82) is 5.26 Å². The monoisotopic (exact) mass is 590 g/mol. The molecule has 14 heteroatoms. The zero-order valence-corrected chi connectivity index (χ0v) is 23.8. The number of rotatable bonds is 6. The van der Waals surface area contributed by atoms with Gasteiger partial charge in [-0.15, -0.1) is 23.1 Å². The molecule has 4 aromatic rings. The van der Waals surface area contributed by atoms with E-state index in [1.54, 1.807) is 18.7 Å². The van der Waals surface area contributed by atoms with E-state index in [9.17, 15) is 9.65 Å². The number of nitrogen functional groups attached to an aromatic ring is 1. The summed E-state index contributed by atoms with van der Waals surface area (Å²) in [5.41, 5.74) is 9.91. The number of anilines is 2. The Kier molecular flexibility index (Phi) is 5.67. The van der Waals surface area contributed by atoms with Crippen molar-refractivity contribution in [3.63, 3.8) is 0 Å². The second-order valence-electron chi connectivity index (χ2n) is 11.4. The van der Waals surface area contributed by atoms with Crippen LogP contribution in [0, 0.1) is 11.3 Å². The molecule has 0 amide bonds. The number of imidazole rings is 1. The maximum absolute atomic E-state index is 14.4. The fourth-order valence-electron chi connectivity index (χ4n) is 7.00. The number of nitrogens with two attached hydrogens (primary N) is 1. The van der Waals surface area contributed by atoms with E-state index in [2.05, 4.69) is 26.1 Å². The molecule has 4 aliphatic rings. The highest BCUT2D eigenvalue weighted by atomic mass is 32.2. The lowest BCUT2D eigenvalue weighted by Crippen LogP contribution is -2.57. The van der Waals surface area contributed by atoms with Crippen LogP contribution in [0.25, 0.3) is 11.2 Å². The minimum absolute atomic E-state index is 0.193. The minimum atomic E-state index is -0.830. The number of fused-ring (bicyclic) bond motifs is 4. The van der Waals surface area contributed by atoms with Crippen molar-refractivity contribution in [2.75, 3.05) is 43.4 Å². The van der Waals surface area contributed by atoms with Gasteiger partial charge in [0.2, 0.25) is 0 Å². The molecule has 2 N–H and O–H groups in total. The molecule has 41 heavy (non-hydrogen) atoms. The summed E-state index contributed by atoms with van der Waals surface area (Å²) < 4.78 is 22.5. The lowest BCUT2D eigenvalue weighted by molar-refractivity contribution is 0.107. The molecular formula is C27H27FN10OS2. The number of halogens is 1. The van der Waals surface area contributed by atoms with Gasteiger partial charge in [0, 0.05) is 48.4 Å². The summed E-state index contributed by atoms with van der Waals surface area (Å²) in [5, 5.41) is 18.3. The SMILES string of the molecule is N#Cc1c(N)sc2c1C1(CN(c3nc(OC[C@@]45CCCN4C[C@H](F)C5)nc4c3ncn4Cc3ccnnc3)C1)SC2. The standard InChI is InChI=1S/C27H27FN10OS2/c28-17-6-26(3-1-5-38(26)10-17)14-39-25-34-23-21(31-15-36(23)9-16-2-4-32-33-8-16)24(35-25)37-12-27(13-37)20-18(7-29)22(30)41-19(20)11-40-27/h2,4,8,15,17H,1,3,5-6,9-14,30H2/t17-,26+/m1/s1. The molecule has 3 saturated heterocycles. The Bertz CT molecular complexity index is 1700. The maximum Gasteiger partial charge on any atom is 0.320 e. The van der Waals surface area contributed by atoms with Gasteiger partial charge >= 0.3 is 6.01 Å². The first kappa shape index (κ1) is 25.2. The topological polar surface area (TPSA) is 135 Å². The molecule has 210 valence electrons. The lowest BCUT2D eigenvalue weighted by atomic mass is 9.88. The number of aromatic nitrogens is 6. The molecule has 1 spiro atoms. The molecule has 0 aliphatic carbocycles. The van der Waals surface area contributed by atoms with Crippen molar-refractivity contribution in [2.24, 2.45) is 0 Å². The Morgan fingerprint density at radius 1 is 1.27 bits per heavy atom. The van der Waals surface area contributed by atoms with Gasteiger partial charge in [-0.25, -0.2) is 9.37 Å². The third kappa shape index (κ3) is 3.89. The molecule has 2 atom stereocenters. The number of ether oxygens (including phenoxy) is 1. The summed E-state index contributed by atoms with van der Waals surface area (Å²) in [5.74, 6) is 1.56. The Balaban J connectivity index is 1.14. The largest absolute Gasteiger partial charge is 0.461 e. The fraction of sp³-hybridized carbons (Fsp3) is 0.481. The van der Waals surface area contributed by atoms with Gasteiger partial charge in [0.1, 0.15) is 23.8 Å². The molecule has 0 unspecified atom stereocenters. The van der Waals surface area contributed by atoms with Gasteiger partial charge in [-0.05, 0) is 31.0 Å². The van der Waals surface area contributed by atoms with Crippen LogP contribution in [0.5, 0.6) is 6.01 Å². The van der Waals surface area contributed by atoms with Crippen LogP contribution in [0.15, 0.2) is 24.8 Å².